The van der Waals surface area contributed by atoms with Crippen molar-refractivity contribution in [1.82, 2.24) is 0 Å². The van der Waals surface area contributed by atoms with E-state index in [-0.39, 0.29) is 5.92 Å². The minimum Gasteiger partial charge on any atom is -0.293 e. The van der Waals surface area contributed by atoms with Gasteiger partial charge in [-0.3, -0.25) is 4.79 Å². The Morgan fingerprint density at radius 2 is 2.29 bits per heavy atom. The van der Waals surface area contributed by atoms with Crippen LogP contribution >= 0.6 is 22.9 Å². The van der Waals surface area contributed by atoms with E-state index >= 15 is 0 Å². The molecule has 0 radical (unpaired) electrons. The summed E-state index contributed by atoms with van der Waals surface area (Å²) in [7, 11) is 0. The van der Waals surface area contributed by atoms with Crippen molar-refractivity contribution in [2.75, 3.05) is 0 Å². The molecular formula is C11H13ClOS. The Bertz CT molecular complexity index is 345. The fourth-order valence-corrected chi connectivity index (χ4v) is 3.16. The van der Waals surface area contributed by atoms with Gasteiger partial charge in [-0.2, -0.15) is 0 Å². The highest BCUT2D eigenvalue weighted by Crippen LogP contribution is 2.34. The van der Waals surface area contributed by atoms with Crippen LogP contribution in [0.4, 0.5) is 0 Å². The Balaban J connectivity index is 2.09. The van der Waals surface area contributed by atoms with Crippen molar-refractivity contribution < 1.29 is 4.79 Å². The number of rotatable bonds is 2. The van der Waals surface area contributed by atoms with Crippen molar-refractivity contribution in [3.63, 3.8) is 0 Å². The van der Waals surface area contributed by atoms with E-state index in [1.807, 2.05) is 6.07 Å². The molecule has 0 bridgehead atoms. The molecule has 2 rings (SSSR count). The minimum atomic E-state index is 0.250. The third-order valence-electron chi connectivity index (χ3n) is 2.88. The molecule has 0 aromatic carbocycles. The third kappa shape index (κ3) is 2.01. The Morgan fingerprint density at radius 1 is 1.50 bits per heavy atom. The summed E-state index contributed by atoms with van der Waals surface area (Å²) in [4.78, 5) is 12.8. The van der Waals surface area contributed by atoms with Gasteiger partial charge in [0.05, 0.1) is 9.21 Å². The van der Waals surface area contributed by atoms with Crippen LogP contribution in [-0.4, -0.2) is 5.78 Å². The summed E-state index contributed by atoms with van der Waals surface area (Å²) in [6, 6.07) is 3.65. The number of hydrogen-bond acceptors (Lipinski definition) is 2. The number of ketones is 1. The molecule has 1 aliphatic carbocycles. The van der Waals surface area contributed by atoms with Crippen LogP contribution in [-0.2, 0) is 0 Å². The van der Waals surface area contributed by atoms with E-state index < -0.39 is 0 Å². The second-order valence-electron chi connectivity index (χ2n) is 4.08. The maximum absolute atomic E-state index is 12.0. The summed E-state index contributed by atoms with van der Waals surface area (Å²) in [6.07, 6.45) is 3.29. The summed E-state index contributed by atoms with van der Waals surface area (Å²) in [5, 5.41) is 0. The normalized spacial score (nSPS) is 26.7. The lowest BCUT2D eigenvalue weighted by Gasteiger charge is -2.05. The monoisotopic (exact) mass is 228 g/mol. The highest BCUT2D eigenvalue weighted by molar-refractivity contribution is 7.18. The number of carbonyl (C=O) groups is 1. The largest absolute Gasteiger partial charge is 0.293 e. The predicted molar refractivity (Wildman–Crippen MR) is 60.2 cm³/mol. The number of carbonyl (C=O) groups excluding carboxylic acids is 1. The Hall–Kier alpha value is -0.340. The quantitative estimate of drug-likeness (QED) is 0.699. The molecule has 1 fully saturated rings. The number of thiophene rings is 1. The molecule has 1 aromatic rings. The highest BCUT2D eigenvalue weighted by Gasteiger charge is 2.28. The molecular weight excluding hydrogens is 216 g/mol. The predicted octanol–water partition coefficient (Wildman–Crippen LogP) is 4.02. The zero-order chi connectivity index (χ0) is 10.1. The third-order valence-corrected chi connectivity index (χ3v) is 4.13. The summed E-state index contributed by atoms with van der Waals surface area (Å²) < 4.78 is 0.708. The van der Waals surface area contributed by atoms with Crippen LogP contribution in [0.3, 0.4) is 0 Å². The molecule has 0 N–H and O–H groups in total. The first kappa shape index (κ1) is 10.2. The number of halogens is 1. The van der Waals surface area contributed by atoms with Crippen LogP contribution in [0.5, 0.6) is 0 Å². The van der Waals surface area contributed by atoms with E-state index in [2.05, 4.69) is 6.92 Å². The van der Waals surface area contributed by atoms with Crippen molar-refractivity contribution in [3.05, 3.63) is 21.3 Å². The van der Waals surface area contributed by atoms with Crippen LogP contribution in [0.25, 0.3) is 0 Å². The zero-order valence-corrected chi connectivity index (χ0v) is 9.70. The first-order valence-electron chi connectivity index (χ1n) is 4.96. The average molecular weight is 229 g/mol. The lowest BCUT2D eigenvalue weighted by atomic mass is 10.0. The molecule has 0 amide bonds. The minimum absolute atomic E-state index is 0.250. The summed E-state index contributed by atoms with van der Waals surface area (Å²) in [5.41, 5.74) is 0. The van der Waals surface area contributed by atoms with Gasteiger partial charge in [0.15, 0.2) is 5.78 Å². The van der Waals surface area contributed by atoms with E-state index in [1.54, 1.807) is 6.07 Å². The fraction of sp³-hybridized carbons (Fsp3) is 0.545. The second kappa shape index (κ2) is 4.03. The van der Waals surface area contributed by atoms with Gasteiger partial charge in [0.2, 0.25) is 0 Å². The maximum Gasteiger partial charge on any atom is 0.175 e. The highest BCUT2D eigenvalue weighted by atomic mass is 35.5. The lowest BCUT2D eigenvalue weighted by molar-refractivity contribution is 0.0924. The Morgan fingerprint density at radius 3 is 2.79 bits per heavy atom. The van der Waals surface area contributed by atoms with Crippen molar-refractivity contribution in [1.29, 1.82) is 0 Å². The Kier molecular flexibility index (Phi) is 2.93. The van der Waals surface area contributed by atoms with E-state index in [0.29, 0.717) is 16.0 Å². The standard InChI is InChI=1S/C11H13ClOS/c1-7-2-3-8(6-7)11(13)9-4-5-10(12)14-9/h4-5,7-8H,2-3,6H2,1H3. The molecule has 76 valence electrons. The molecule has 1 nitrogen and oxygen atoms in total. The first-order valence-corrected chi connectivity index (χ1v) is 6.16. The molecule has 1 heterocycles. The van der Waals surface area contributed by atoms with Crippen LogP contribution in [0.15, 0.2) is 12.1 Å². The van der Waals surface area contributed by atoms with Gasteiger partial charge in [-0.25, -0.2) is 0 Å². The van der Waals surface area contributed by atoms with E-state index in [4.69, 9.17) is 11.6 Å². The summed E-state index contributed by atoms with van der Waals surface area (Å²) >= 11 is 7.21. The van der Waals surface area contributed by atoms with Crippen LogP contribution < -0.4 is 0 Å². The van der Waals surface area contributed by atoms with Crippen LogP contribution in [0.1, 0.15) is 35.9 Å². The molecule has 0 saturated heterocycles. The van der Waals surface area contributed by atoms with E-state index in [9.17, 15) is 4.79 Å². The lowest BCUT2D eigenvalue weighted by Crippen LogP contribution is -2.09. The molecule has 3 heteroatoms. The zero-order valence-electron chi connectivity index (χ0n) is 8.13. The smallest absolute Gasteiger partial charge is 0.175 e. The SMILES string of the molecule is CC1CCC(C(=O)c2ccc(Cl)s2)C1. The van der Waals surface area contributed by atoms with Gasteiger partial charge in [-0.1, -0.05) is 18.5 Å². The molecule has 1 aromatic heterocycles. The number of Topliss-reactive ketones (excluding diaryl/α,β-unsaturated/α-hetero) is 1. The van der Waals surface area contributed by atoms with Crippen molar-refractivity contribution >= 4 is 28.7 Å². The van der Waals surface area contributed by atoms with Gasteiger partial charge in [0, 0.05) is 5.92 Å². The topological polar surface area (TPSA) is 17.1 Å². The van der Waals surface area contributed by atoms with Gasteiger partial charge in [-0.15, -0.1) is 11.3 Å². The van der Waals surface area contributed by atoms with Crippen LogP contribution in [0.2, 0.25) is 4.34 Å². The van der Waals surface area contributed by atoms with Crippen molar-refractivity contribution in [3.8, 4) is 0 Å². The summed E-state index contributed by atoms with van der Waals surface area (Å²) in [6.45, 7) is 2.22. The van der Waals surface area contributed by atoms with Crippen LogP contribution in [0, 0.1) is 11.8 Å². The molecule has 0 aliphatic heterocycles. The molecule has 0 spiro atoms. The van der Waals surface area contributed by atoms with Crippen molar-refractivity contribution in [2.45, 2.75) is 26.2 Å². The first-order chi connectivity index (χ1) is 6.66. The van der Waals surface area contributed by atoms with Gasteiger partial charge >= 0.3 is 0 Å². The Labute approximate surface area is 93.1 Å². The average Bonchev–Trinajstić information content (AvgIpc) is 2.73. The number of hydrogen-bond donors (Lipinski definition) is 0. The molecule has 1 saturated carbocycles. The molecule has 2 atom stereocenters. The van der Waals surface area contributed by atoms with Gasteiger partial charge < -0.3 is 0 Å². The van der Waals surface area contributed by atoms with Crippen molar-refractivity contribution in [2.24, 2.45) is 11.8 Å². The van der Waals surface area contributed by atoms with Gasteiger partial charge in [0.1, 0.15) is 0 Å². The second-order valence-corrected chi connectivity index (χ2v) is 5.80. The van der Waals surface area contributed by atoms with E-state index in [1.165, 1.54) is 17.8 Å². The summed E-state index contributed by atoms with van der Waals surface area (Å²) in [5.74, 6) is 1.25. The molecule has 14 heavy (non-hydrogen) atoms. The van der Waals surface area contributed by atoms with E-state index in [0.717, 1.165) is 17.7 Å². The molecule has 1 aliphatic rings. The van der Waals surface area contributed by atoms with Gasteiger partial charge in [-0.05, 0) is 37.3 Å². The maximum atomic E-state index is 12.0. The fourth-order valence-electron chi connectivity index (χ4n) is 2.09. The van der Waals surface area contributed by atoms with Gasteiger partial charge in [0.25, 0.3) is 0 Å². The molecule has 2 unspecified atom stereocenters.